The predicted molar refractivity (Wildman–Crippen MR) is 116 cm³/mol. The van der Waals surface area contributed by atoms with Crippen molar-refractivity contribution in [3.63, 3.8) is 0 Å². The fourth-order valence-electron chi connectivity index (χ4n) is 3.80. The summed E-state index contributed by atoms with van der Waals surface area (Å²) in [6.07, 6.45) is 2.84. The summed E-state index contributed by atoms with van der Waals surface area (Å²) in [6.45, 7) is 1.07. The van der Waals surface area contributed by atoms with Crippen molar-refractivity contribution in [3.8, 4) is 5.75 Å². The number of halogens is 2. The maximum absolute atomic E-state index is 10.6. The molecule has 2 aromatic rings. The summed E-state index contributed by atoms with van der Waals surface area (Å²) >= 11 is 5.98. The molecule has 158 valence electrons. The summed E-state index contributed by atoms with van der Waals surface area (Å²) in [7, 11) is 0. The molecule has 0 bridgehead atoms. The van der Waals surface area contributed by atoms with Gasteiger partial charge in [-0.3, -0.25) is 0 Å². The SMILES string of the molecule is Cl.O=C(O)COc1ccc(C2CCC(CNCC(O)c3cccc(Cl)c3)C2)cc1. The van der Waals surface area contributed by atoms with Gasteiger partial charge < -0.3 is 20.3 Å². The minimum atomic E-state index is -0.976. The van der Waals surface area contributed by atoms with Gasteiger partial charge in [0.2, 0.25) is 0 Å². The number of benzene rings is 2. The van der Waals surface area contributed by atoms with Gasteiger partial charge in [0, 0.05) is 11.6 Å². The molecule has 3 rings (SSSR count). The van der Waals surface area contributed by atoms with Crippen molar-refractivity contribution < 1.29 is 19.7 Å². The molecule has 29 heavy (non-hydrogen) atoms. The lowest BCUT2D eigenvalue weighted by Gasteiger charge is -2.16. The van der Waals surface area contributed by atoms with Crippen LogP contribution < -0.4 is 10.1 Å². The summed E-state index contributed by atoms with van der Waals surface area (Å²) in [5.41, 5.74) is 2.10. The molecule has 1 aliphatic rings. The summed E-state index contributed by atoms with van der Waals surface area (Å²) in [4.78, 5) is 10.6. The van der Waals surface area contributed by atoms with E-state index in [-0.39, 0.29) is 19.0 Å². The number of rotatable bonds is 9. The standard InChI is InChI=1S/C22H26ClNO4.ClH/c23-19-3-1-2-18(11-19)21(25)13-24-12-15-4-5-17(10-15)16-6-8-20(9-7-16)28-14-22(26)27;/h1-3,6-9,11,15,17,21,24-25H,4-5,10,12-14H2,(H,26,27);1H. The largest absolute Gasteiger partial charge is 0.482 e. The van der Waals surface area contributed by atoms with Crippen molar-refractivity contribution in [1.29, 1.82) is 0 Å². The highest BCUT2D eigenvalue weighted by Crippen LogP contribution is 2.38. The number of carbonyl (C=O) groups is 1. The number of ether oxygens (including phenoxy) is 1. The zero-order valence-electron chi connectivity index (χ0n) is 16.1. The monoisotopic (exact) mass is 439 g/mol. The molecule has 3 N–H and O–H groups in total. The first-order valence-electron chi connectivity index (χ1n) is 9.60. The molecule has 0 aromatic heterocycles. The van der Waals surface area contributed by atoms with Gasteiger partial charge in [-0.2, -0.15) is 0 Å². The first-order valence-corrected chi connectivity index (χ1v) is 9.98. The van der Waals surface area contributed by atoms with Crippen molar-refractivity contribution in [2.75, 3.05) is 19.7 Å². The molecule has 0 spiro atoms. The second kappa shape index (κ2) is 11.4. The normalized spacial score (nSPS) is 19.4. The lowest BCUT2D eigenvalue weighted by molar-refractivity contribution is -0.139. The second-order valence-corrected chi connectivity index (χ2v) is 7.79. The van der Waals surface area contributed by atoms with Crippen LogP contribution in [0.25, 0.3) is 0 Å². The first-order chi connectivity index (χ1) is 13.5. The molecular formula is C22H27Cl2NO4. The van der Waals surface area contributed by atoms with Crippen molar-refractivity contribution in [3.05, 3.63) is 64.7 Å². The molecule has 0 saturated heterocycles. The highest BCUT2D eigenvalue weighted by atomic mass is 35.5. The van der Waals surface area contributed by atoms with Crippen molar-refractivity contribution >= 4 is 30.0 Å². The Labute approximate surface area is 182 Å². The maximum atomic E-state index is 10.6. The fraction of sp³-hybridized carbons (Fsp3) is 0.409. The minimum Gasteiger partial charge on any atom is -0.482 e. The maximum Gasteiger partial charge on any atom is 0.341 e. The molecule has 7 heteroatoms. The van der Waals surface area contributed by atoms with Gasteiger partial charge in [0.25, 0.3) is 0 Å². The third-order valence-electron chi connectivity index (χ3n) is 5.26. The third kappa shape index (κ3) is 7.19. The summed E-state index contributed by atoms with van der Waals surface area (Å²) in [5, 5.41) is 23.0. The summed E-state index contributed by atoms with van der Waals surface area (Å²) in [5.74, 6) is 0.700. The molecule has 0 amide bonds. The second-order valence-electron chi connectivity index (χ2n) is 7.36. The van der Waals surface area contributed by atoms with Crippen LogP contribution in [0.3, 0.4) is 0 Å². The highest BCUT2D eigenvalue weighted by Gasteiger charge is 2.25. The summed E-state index contributed by atoms with van der Waals surface area (Å²) in [6, 6.07) is 15.1. The van der Waals surface area contributed by atoms with Gasteiger partial charge in [0.05, 0.1) is 6.10 Å². The van der Waals surface area contributed by atoms with Crippen LogP contribution in [-0.4, -0.2) is 35.9 Å². The van der Waals surface area contributed by atoms with Gasteiger partial charge in [-0.15, -0.1) is 12.4 Å². The average Bonchev–Trinajstić information content (AvgIpc) is 3.15. The molecule has 0 radical (unpaired) electrons. The van der Waals surface area contributed by atoms with E-state index in [1.807, 2.05) is 36.4 Å². The van der Waals surface area contributed by atoms with E-state index in [1.54, 1.807) is 12.1 Å². The van der Waals surface area contributed by atoms with Crippen LogP contribution in [0.15, 0.2) is 48.5 Å². The predicted octanol–water partition coefficient (Wildman–Crippen LogP) is 4.43. The van der Waals surface area contributed by atoms with Crippen molar-refractivity contribution in [1.82, 2.24) is 5.32 Å². The van der Waals surface area contributed by atoms with E-state index in [0.29, 0.717) is 29.2 Å². The lowest BCUT2D eigenvalue weighted by atomic mass is 9.96. The number of nitrogens with one attached hydrogen (secondary N) is 1. The first kappa shape index (κ1) is 23.5. The van der Waals surface area contributed by atoms with Crippen LogP contribution in [0.5, 0.6) is 5.75 Å². The van der Waals surface area contributed by atoms with Crippen LogP contribution in [0.2, 0.25) is 5.02 Å². The number of hydrogen-bond donors (Lipinski definition) is 3. The zero-order chi connectivity index (χ0) is 19.9. The van der Waals surface area contributed by atoms with E-state index in [1.165, 1.54) is 5.56 Å². The average molecular weight is 440 g/mol. The van der Waals surface area contributed by atoms with Crippen LogP contribution >= 0.6 is 24.0 Å². The van der Waals surface area contributed by atoms with Gasteiger partial charge in [-0.1, -0.05) is 35.9 Å². The van der Waals surface area contributed by atoms with E-state index >= 15 is 0 Å². The van der Waals surface area contributed by atoms with Gasteiger partial charge >= 0.3 is 5.97 Å². The van der Waals surface area contributed by atoms with E-state index in [9.17, 15) is 9.90 Å². The number of carboxylic acids is 1. The van der Waals surface area contributed by atoms with E-state index in [2.05, 4.69) is 5.32 Å². The molecule has 1 saturated carbocycles. The van der Waals surface area contributed by atoms with Crippen LogP contribution in [-0.2, 0) is 4.79 Å². The number of aliphatic carboxylic acids is 1. The molecule has 3 atom stereocenters. The zero-order valence-corrected chi connectivity index (χ0v) is 17.7. The Balaban J connectivity index is 0.00000300. The number of hydrogen-bond acceptors (Lipinski definition) is 4. The number of carboxylic acid groups (broad SMARTS) is 1. The molecular weight excluding hydrogens is 413 g/mol. The Bertz CT molecular complexity index is 785. The van der Waals surface area contributed by atoms with Crippen LogP contribution in [0.4, 0.5) is 0 Å². The number of aliphatic hydroxyl groups excluding tert-OH is 1. The molecule has 5 nitrogen and oxygen atoms in total. The Morgan fingerprint density at radius 2 is 1.97 bits per heavy atom. The smallest absolute Gasteiger partial charge is 0.341 e. The summed E-state index contributed by atoms with van der Waals surface area (Å²) < 4.78 is 5.18. The van der Waals surface area contributed by atoms with Crippen LogP contribution in [0.1, 0.15) is 42.4 Å². The Morgan fingerprint density at radius 1 is 1.21 bits per heavy atom. The Morgan fingerprint density at radius 3 is 2.66 bits per heavy atom. The third-order valence-corrected chi connectivity index (χ3v) is 5.49. The molecule has 1 aliphatic carbocycles. The lowest BCUT2D eigenvalue weighted by Crippen LogP contribution is -2.26. The Hall–Kier alpha value is -1.79. The fourth-order valence-corrected chi connectivity index (χ4v) is 4.00. The van der Waals surface area contributed by atoms with Gasteiger partial charge in [-0.05, 0) is 73.0 Å². The molecule has 1 fully saturated rings. The quantitative estimate of drug-likeness (QED) is 0.538. The minimum absolute atomic E-state index is 0. The van der Waals surface area contributed by atoms with E-state index < -0.39 is 12.1 Å². The van der Waals surface area contributed by atoms with Crippen molar-refractivity contribution in [2.24, 2.45) is 5.92 Å². The van der Waals surface area contributed by atoms with Crippen LogP contribution in [0, 0.1) is 5.92 Å². The van der Waals surface area contributed by atoms with E-state index in [0.717, 1.165) is 31.4 Å². The molecule has 2 aromatic carbocycles. The van der Waals surface area contributed by atoms with Gasteiger partial charge in [0.1, 0.15) is 5.75 Å². The molecule has 0 heterocycles. The molecule has 0 aliphatic heterocycles. The topological polar surface area (TPSA) is 78.8 Å². The van der Waals surface area contributed by atoms with Gasteiger partial charge in [-0.25, -0.2) is 4.79 Å². The highest BCUT2D eigenvalue weighted by molar-refractivity contribution is 6.30. The van der Waals surface area contributed by atoms with Crippen molar-refractivity contribution in [2.45, 2.75) is 31.3 Å². The molecule has 3 unspecified atom stereocenters. The number of aliphatic hydroxyl groups is 1. The Kier molecular flexibility index (Phi) is 9.24. The van der Waals surface area contributed by atoms with Gasteiger partial charge in [0.15, 0.2) is 6.61 Å². The van der Waals surface area contributed by atoms with E-state index in [4.69, 9.17) is 21.4 Å².